The van der Waals surface area contributed by atoms with E-state index in [2.05, 4.69) is 25.5 Å². The summed E-state index contributed by atoms with van der Waals surface area (Å²) in [4.78, 5) is 26.7. The topological polar surface area (TPSA) is 123 Å². The standard InChI is InChI=1S/C34H37N7O3/c1-34(2,40-15-17-43-18-16-40)19-25(20-35)33(42)41-14-6-7-26(41)21-39-22-29(30-31(36)37-23-38-32(30)39)24-10-12-28(13-11-24)44-27-8-4-3-5-9-27/h3-5,8-13,19,22-23,26H,6-7,14-18,21H2,1-2H3,(H2,36,37,38)/b25-19-/t26-/m1/s1. The highest BCUT2D eigenvalue weighted by molar-refractivity contribution is 6.01. The molecular weight excluding hydrogens is 554 g/mol. The van der Waals surface area contributed by atoms with Crippen molar-refractivity contribution in [2.75, 3.05) is 38.6 Å². The summed E-state index contributed by atoms with van der Waals surface area (Å²) in [5, 5.41) is 10.8. The zero-order valence-corrected chi connectivity index (χ0v) is 25.1. The van der Waals surface area contributed by atoms with E-state index in [9.17, 15) is 10.1 Å². The Morgan fingerprint density at radius 3 is 2.55 bits per heavy atom. The van der Waals surface area contributed by atoms with E-state index in [1.54, 1.807) is 0 Å². The number of nitrogen functional groups attached to an aromatic ring is 1. The van der Waals surface area contributed by atoms with Crippen molar-refractivity contribution in [3.63, 3.8) is 0 Å². The van der Waals surface area contributed by atoms with Crippen molar-refractivity contribution < 1.29 is 14.3 Å². The molecule has 1 atom stereocenters. The Labute approximate surface area is 257 Å². The highest BCUT2D eigenvalue weighted by Crippen LogP contribution is 2.35. The third-order valence-corrected chi connectivity index (χ3v) is 8.55. The second-order valence-electron chi connectivity index (χ2n) is 11.8. The first-order valence-corrected chi connectivity index (χ1v) is 15.0. The lowest BCUT2D eigenvalue weighted by molar-refractivity contribution is -0.127. The number of nitrogens with two attached hydrogens (primary N) is 1. The zero-order valence-electron chi connectivity index (χ0n) is 25.1. The molecule has 2 N–H and O–H groups in total. The van der Waals surface area contributed by atoms with Crippen molar-refractivity contribution >= 4 is 22.8 Å². The van der Waals surface area contributed by atoms with Gasteiger partial charge in [0.05, 0.1) is 24.6 Å². The molecule has 4 aromatic rings. The van der Waals surface area contributed by atoms with Crippen LogP contribution in [0.4, 0.5) is 5.82 Å². The monoisotopic (exact) mass is 591 g/mol. The quantitative estimate of drug-likeness (QED) is 0.224. The smallest absolute Gasteiger partial charge is 0.264 e. The lowest BCUT2D eigenvalue weighted by Gasteiger charge is -2.39. The second kappa shape index (κ2) is 12.5. The maximum atomic E-state index is 13.8. The van der Waals surface area contributed by atoms with E-state index in [0.717, 1.165) is 53.9 Å². The third kappa shape index (κ3) is 6.02. The molecule has 2 saturated heterocycles. The minimum Gasteiger partial charge on any atom is -0.457 e. The van der Waals surface area contributed by atoms with E-state index in [-0.39, 0.29) is 17.5 Å². The van der Waals surface area contributed by atoms with Crippen LogP contribution in [0.25, 0.3) is 22.2 Å². The Hall–Kier alpha value is -4.72. The minimum atomic E-state index is -0.443. The molecule has 10 heteroatoms. The number of anilines is 1. The van der Waals surface area contributed by atoms with Crippen LogP contribution in [0, 0.1) is 11.3 Å². The molecule has 2 aliphatic heterocycles. The number of likely N-dealkylation sites (tertiary alicyclic amines) is 1. The van der Waals surface area contributed by atoms with Gasteiger partial charge < -0.3 is 24.7 Å². The summed E-state index contributed by atoms with van der Waals surface area (Å²) in [5.41, 5.74) is 8.70. The van der Waals surface area contributed by atoms with Crippen molar-refractivity contribution in [2.24, 2.45) is 0 Å². The number of ether oxygens (including phenoxy) is 2. The predicted octanol–water partition coefficient (Wildman–Crippen LogP) is 5.02. The highest BCUT2D eigenvalue weighted by atomic mass is 16.5. The minimum absolute atomic E-state index is 0.0907. The Bertz CT molecular complexity index is 1700. The largest absolute Gasteiger partial charge is 0.457 e. The number of nitrogens with zero attached hydrogens (tertiary/aromatic N) is 6. The molecule has 2 aliphatic rings. The number of nitriles is 1. The van der Waals surface area contributed by atoms with Crippen molar-refractivity contribution in [3.8, 4) is 28.7 Å². The van der Waals surface area contributed by atoms with Crippen molar-refractivity contribution in [3.05, 3.63) is 78.8 Å². The number of amides is 1. The number of para-hydroxylation sites is 1. The van der Waals surface area contributed by atoms with E-state index < -0.39 is 5.54 Å². The molecule has 10 nitrogen and oxygen atoms in total. The van der Waals surface area contributed by atoms with E-state index in [1.807, 2.05) is 85.6 Å². The van der Waals surface area contributed by atoms with Gasteiger partial charge in [-0.05, 0) is 62.6 Å². The molecule has 6 rings (SSSR count). The summed E-state index contributed by atoms with van der Waals surface area (Å²) in [5.74, 6) is 1.67. The fourth-order valence-electron chi connectivity index (χ4n) is 6.23. The first kappa shape index (κ1) is 29.4. The molecule has 2 fully saturated rings. The molecule has 1 amide bonds. The SMILES string of the molecule is CC(C)(/C=C(/C#N)C(=O)N1CCC[C@@H]1Cn1cc(-c2ccc(Oc3ccccc3)cc2)c2c(N)ncnc21)N1CCOCC1. The molecule has 2 aromatic heterocycles. The van der Waals surface area contributed by atoms with Crippen molar-refractivity contribution in [1.29, 1.82) is 5.26 Å². The Morgan fingerprint density at radius 2 is 1.82 bits per heavy atom. The van der Waals surface area contributed by atoms with Crippen LogP contribution in [-0.4, -0.2) is 74.7 Å². The van der Waals surface area contributed by atoms with Crippen LogP contribution < -0.4 is 10.5 Å². The summed E-state index contributed by atoms with van der Waals surface area (Å²) in [6.07, 6.45) is 7.02. The van der Waals surface area contributed by atoms with Gasteiger partial charge >= 0.3 is 0 Å². The molecule has 4 heterocycles. The number of rotatable bonds is 8. The average Bonchev–Trinajstić information content (AvgIpc) is 3.66. The van der Waals surface area contributed by atoms with Crippen molar-refractivity contribution in [2.45, 2.75) is 44.8 Å². The summed E-state index contributed by atoms with van der Waals surface area (Å²) < 4.78 is 13.5. The third-order valence-electron chi connectivity index (χ3n) is 8.55. The van der Waals surface area contributed by atoms with Gasteiger partial charge in [-0.15, -0.1) is 0 Å². The van der Waals surface area contributed by atoms with Crippen LogP contribution in [0.1, 0.15) is 26.7 Å². The zero-order chi connectivity index (χ0) is 30.7. The number of carbonyl (C=O) groups excluding carboxylic acids is 1. The van der Waals surface area contributed by atoms with Gasteiger partial charge in [-0.2, -0.15) is 5.26 Å². The van der Waals surface area contributed by atoms with Crippen LogP contribution in [0.5, 0.6) is 11.5 Å². The van der Waals surface area contributed by atoms with Gasteiger partial charge in [0.15, 0.2) is 0 Å². The van der Waals surface area contributed by atoms with Crippen molar-refractivity contribution in [1.82, 2.24) is 24.3 Å². The molecule has 2 aromatic carbocycles. The first-order chi connectivity index (χ1) is 21.3. The van der Waals surface area contributed by atoms with Gasteiger partial charge in [-0.25, -0.2) is 9.97 Å². The lowest BCUT2D eigenvalue weighted by atomic mass is 9.97. The number of fused-ring (bicyclic) bond motifs is 1. The molecule has 44 heavy (non-hydrogen) atoms. The summed E-state index contributed by atoms with van der Waals surface area (Å²) >= 11 is 0. The average molecular weight is 592 g/mol. The van der Waals surface area contributed by atoms with Gasteiger partial charge in [0.2, 0.25) is 0 Å². The van der Waals surface area contributed by atoms with E-state index in [4.69, 9.17) is 15.2 Å². The second-order valence-corrected chi connectivity index (χ2v) is 11.8. The molecule has 0 radical (unpaired) electrons. The van der Waals surface area contributed by atoms with Gasteiger partial charge in [0, 0.05) is 43.5 Å². The summed E-state index contributed by atoms with van der Waals surface area (Å²) in [6, 6.07) is 19.6. The maximum absolute atomic E-state index is 13.8. The number of morpholine rings is 1. The van der Waals surface area contributed by atoms with Crippen LogP contribution in [0.2, 0.25) is 0 Å². The molecule has 0 bridgehead atoms. The molecule has 0 saturated carbocycles. The Kier molecular flexibility index (Phi) is 8.33. The van der Waals surface area contributed by atoms with Crippen LogP contribution in [0.15, 0.2) is 78.8 Å². The van der Waals surface area contributed by atoms with Crippen LogP contribution in [-0.2, 0) is 16.1 Å². The van der Waals surface area contributed by atoms with Crippen LogP contribution >= 0.6 is 0 Å². The normalized spacial score (nSPS) is 18.0. The lowest BCUT2D eigenvalue weighted by Crippen LogP contribution is -2.49. The van der Waals surface area contributed by atoms with Gasteiger partial charge in [0.1, 0.15) is 40.9 Å². The van der Waals surface area contributed by atoms with E-state index >= 15 is 0 Å². The fourth-order valence-corrected chi connectivity index (χ4v) is 6.23. The molecule has 0 aliphatic carbocycles. The Morgan fingerprint density at radius 1 is 1.09 bits per heavy atom. The highest BCUT2D eigenvalue weighted by Gasteiger charge is 2.34. The number of aromatic nitrogens is 3. The Balaban J connectivity index is 1.25. The number of carbonyl (C=O) groups is 1. The number of benzene rings is 2. The summed E-state index contributed by atoms with van der Waals surface area (Å²) in [6.45, 7) is 8.04. The fraction of sp³-hybridized carbons (Fsp3) is 0.353. The van der Waals surface area contributed by atoms with Gasteiger partial charge in [-0.3, -0.25) is 9.69 Å². The van der Waals surface area contributed by atoms with Crippen LogP contribution in [0.3, 0.4) is 0 Å². The van der Waals surface area contributed by atoms with Gasteiger partial charge in [-0.1, -0.05) is 30.3 Å². The number of hydrogen-bond acceptors (Lipinski definition) is 8. The first-order valence-electron chi connectivity index (χ1n) is 15.0. The molecule has 0 unspecified atom stereocenters. The summed E-state index contributed by atoms with van der Waals surface area (Å²) in [7, 11) is 0. The van der Waals surface area contributed by atoms with Gasteiger partial charge in [0.25, 0.3) is 5.91 Å². The predicted molar refractivity (Wildman–Crippen MR) is 169 cm³/mol. The molecule has 0 spiro atoms. The van der Waals surface area contributed by atoms with E-state index in [1.165, 1.54) is 6.33 Å². The maximum Gasteiger partial charge on any atom is 0.264 e. The number of hydrogen-bond donors (Lipinski definition) is 1. The van der Waals surface area contributed by atoms with E-state index in [0.29, 0.717) is 37.8 Å². The molecule has 226 valence electrons. The molecular formula is C34H37N7O3.